The van der Waals surface area contributed by atoms with Gasteiger partial charge in [-0.1, -0.05) is 65.7 Å². The van der Waals surface area contributed by atoms with Gasteiger partial charge in [-0.3, -0.25) is 4.79 Å². The second-order valence-corrected chi connectivity index (χ2v) is 6.51. The number of nitrogens with zero attached hydrogens (tertiary/aromatic N) is 1. The first-order valence-corrected chi connectivity index (χ1v) is 8.92. The van der Waals surface area contributed by atoms with Gasteiger partial charge in [0.25, 0.3) is 5.91 Å². The van der Waals surface area contributed by atoms with E-state index in [1.165, 1.54) is 12.3 Å². The number of halogens is 2. The van der Waals surface area contributed by atoms with Crippen LogP contribution in [0.15, 0.2) is 77.9 Å². The topological polar surface area (TPSA) is 50.7 Å². The molecule has 3 aromatic carbocycles. The molecule has 3 rings (SSSR count). The van der Waals surface area contributed by atoms with Crippen LogP contribution in [0.1, 0.15) is 21.5 Å². The highest BCUT2D eigenvalue weighted by Gasteiger charge is 2.09. The Morgan fingerprint density at radius 2 is 1.81 bits per heavy atom. The zero-order valence-electron chi connectivity index (χ0n) is 14.2. The van der Waals surface area contributed by atoms with E-state index in [4.69, 9.17) is 27.9 Å². The van der Waals surface area contributed by atoms with Gasteiger partial charge in [0.15, 0.2) is 0 Å². The van der Waals surface area contributed by atoms with Crippen molar-refractivity contribution in [1.29, 1.82) is 0 Å². The predicted molar refractivity (Wildman–Crippen MR) is 109 cm³/mol. The number of hydrogen-bond donors (Lipinski definition) is 1. The lowest BCUT2D eigenvalue weighted by atomic mass is 10.2. The molecule has 0 bridgehead atoms. The fourth-order valence-electron chi connectivity index (χ4n) is 2.32. The third kappa shape index (κ3) is 5.58. The number of ether oxygens (including phenoxy) is 1. The monoisotopic (exact) mass is 398 g/mol. The van der Waals surface area contributed by atoms with Crippen LogP contribution >= 0.6 is 23.2 Å². The average Bonchev–Trinajstić information content (AvgIpc) is 2.67. The molecule has 6 heteroatoms. The maximum absolute atomic E-state index is 12.1. The Balaban J connectivity index is 1.59. The maximum Gasteiger partial charge on any atom is 0.272 e. The maximum atomic E-state index is 12.1. The van der Waals surface area contributed by atoms with Gasteiger partial charge in [0, 0.05) is 5.02 Å². The minimum atomic E-state index is -0.413. The third-order valence-electron chi connectivity index (χ3n) is 3.66. The highest BCUT2D eigenvalue weighted by Crippen LogP contribution is 2.20. The average molecular weight is 399 g/mol. The molecular weight excluding hydrogens is 383 g/mol. The van der Waals surface area contributed by atoms with Crippen molar-refractivity contribution in [2.45, 2.75) is 6.61 Å². The Labute approximate surface area is 167 Å². The van der Waals surface area contributed by atoms with Gasteiger partial charge >= 0.3 is 0 Å². The van der Waals surface area contributed by atoms with Crippen LogP contribution in [0.25, 0.3) is 0 Å². The normalized spacial score (nSPS) is 10.7. The molecule has 4 nitrogen and oxygen atoms in total. The molecule has 0 atom stereocenters. The summed E-state index contributed by atoms with van der Waals surface area (Å²) in [6.45, 7) is 0.479. The van der Waals surface area contributed by atoms with Crippen molar-refractivity contribution in [2.75, 3.05) is 0 Å². The Bertz CT molecular complexity index is 959. The first kappa shape index (κ1) is 19.0. The zero-order chi connectivity index (χ0) is 19.1. The number of hydrogen-bond acceptors (Lipinski definition) is 3. The van der Waals surface area contributed by atoms with Crippen LogP contribution < -0.4 is 10.2 Å². The standard InChI is InChI=1S/C21H16Cl2N2O2/c22-17-9-10-19(20(23)12-17)21(26)25-24-13-16-7-4-8-18(11-16)27-14-15-5-2-1-3-6-15/h1-13H,14H2,(H,25,26)/b24-13+. The van der Waals surface area contributed by atoms with Gasteiger partial charge < -0.3 is 4.74 Å². The van der Waals surface area contributed by atoms with Crippen molar-refractivity contribution in [3.63, 3.8) is 0 Å². The number of carbonyl (C=O) groups is 1. The quantitative estimate of drug-likeness (QED) is 0.450. The number of hydrazone groups is 1. The minimum Gasteiger partial charge on any atom is -0.489 e. The Morgan fingerprint density at radius 3 is 2.59 bits per heavy atom. The highest BCUT2D eigenvalue weighted by atomic mass is 35.5. The number of nitrogens with one attached hydrogen (secondary N) is 1. The van der Waals surface area contributed by atoms with E-state index in [2.05, 4.69) is 10.5 Å². The smallest absolute Gasteiger partial charge is 0.272 e. The molecule has 27 heavy (non-hydrogen) atoms. The van der Waals surface area contributed by atoms with Gasteiger partial charge in [0.05, 0.1) is 16.8 Å². The summed E-state index contributed by atoms with van der Waals surface area (Å²) < 4.78 is 5.78. The third-order valence-corrected chi connectivity index (χ3v) is 4.21. The lowest BCUT2D eigenvalue weighted by Crippen LogP contribution is -2.18. The minimum absolute atomic E-state index is 0.270. The molecule has 0 aliphatic carbocycles. The molecule has 0 heterocycles. The van der Waals surface area contributed by atoms with Crippen molar-refractivity contribution < 1.29 is 9.53 Å². The van der Waals surface area contributed by atoms with Crippen LogP contribution in [-0.2, 0) is 6.61 Å². The van der Waals surface area contributed by atoms with Crippen LogP contribution in [0, 0.1) is 0 Å². The number of carbonyl (C=O) groups excluding carboxylic acids is 1. The molecule has 0 radical (unpaired) electrons. The van der Waals surface area contributed by atoms with E-state index < -0.39 is 5.91 Å². The molecule has 0 fully saturated rings. The molecule has 0 saturated heterocycles. The van der Waals surface area contributed by atoms with Gasteiger partial charge in [0.1, 0.15) is 12.4 Å². The second-order valence-electron chi connectivity index (χ2n) is 5.67. The van der Waals surface area contributed by atoms with Crippen LogP contribution in [0.5, 0.6) is 5.75 Å². The molecule has 0 unspecified atom stereocenters. The lowest BCUT2D eigenvalue weighted by Gasteiger charge is -2.07. The molecular formula is C21H16Cl2N2O2. The van der Waals surface area contributed by atoms with Gasteiger partial charge in [-0.05, 0) is 41.5 Å². The van der Waals surface area contributed by atoms with E-state index in [1.807, 2.05) is 54.6 Å². The highest BCUT2D eigenvalue weighted by molar-refractivity contribution is 6.36. The van der Waals surface area contributed by atoms with Crippen molar-refractivity contribution in [1.82, 2.24) is 5.43 Å². The molecule has 1 amide bonds. The van der Waals surface area contributed by atoms with E-state index in [9.17, 15) is 4.79 Å². The lowest BCUT2D eigenvalue weighted by molar-refractivity contribution is 0.0955. The fraction of sp³-hybridized carbons (Fsp3) is 0.0476. The van der Waals surface area contributed by atoms with Crippen LogP contribution in [0.2, 0.25) is 10.0 Å². The Hall–Kier alpha value is -2.82. The summed E-state index contributed by atoms with van der Waals surface area (Å²) in [5.41, 5.74) is 4.63. The molecule has 0 saturated carbocycles. The number of amides is 1. The van der Waals surface area contributed by atoms with Crippen LogP contribution in [0.3, 0.4) is 0 Å². The van der Waals surface area contributed by atoms with Crippen molar-refractivity contribution >= 4 is 35.3 Å². The van der Waals surface area contributed by atoms with Crippen molar-refractivity contribution in [3.05, 3.63) is 99.5 Å². The molecule has 0 spiro atoms. The first-order valence-electron chi connectivity index (χ1n) is 8.17. The largest absolute Gasteiger partial charge is 0.489 e. The van der Waals surface area contributed by atoms with Gasteiger partial charge in [0.2, 0.25) is 0 Å². The summed E-state index contributed by atoms with van der Waals surface area (Å²) in [6.07, 6.45) is 1.54. The summed E-state index contributed by atoms with van der Waals surface area (Å²) in [5, 5.41) is 4.70. The first-order chi connectivity index (χ1) is 13.1. The van der Waals surface area contributed by atoms with E-state index >= 15 is 0 Å². The Morgan fingerprint density at radius 1 is 1.00 bits per heavy atom. The van der Waals surface area contributed by atoms with E-state index in [-0.39, 0.29) is 5.02 Å². The molecule has 136 valence electrons. The Kier molecular flexibility index (Phi) is 6.47. The molecule has 1 N–H and O–H groups in total. The molecule has 0 aromatic heterocycles. The zero-order valence-corrected chi connectivity index (χ0v) is 15.7. The summed E-state index contributed by atoms with van der Waals surface area (Å²) in [6, 6.07) is 22.0. The van der Waals surface area contributed by atoms with E-state index in [0.717, 1.165) is 16.9 Å². The summed E-state index contributed by atoms with van der Waals surface area (Å²) >= 11 is 11.8. The number of rotatable bonds is 6. The van der Waals surface area contributed by atoms with E-state index in [0.29, 0.717) is 17.2 Å². The van der Waals surface area contributed by atoms with Crippen LogP contribution in [-0.4, -0.2) is 12.1 Å². The summed E-state index contributed by atoms with van der Waals surface area (Å²) in [4.78, 5) is 12.1. The number of benzene rings is 3. The molecule has 0 aliphatic heterocycles. The molecule has 3 aromatic rings. The second kappa shape index (κ2) is 9.21. The summed E-state index contributed by atoms with van der Waals surface area (Å²) in [5.74, 6) is 0.305. The fourth-order valence-corrected chi connectivity index (χ4v) is 2.82. The SMILES string of the molecule is O=C(N/N=C/c1cccc(OCc2ccccc2)c1)c1ccc(Cl)cc1Cl. The van der Waals surface area contributed by atoms with Crippen molar-refractivity contribution in [2.24, 2.45) is 5.10 Å². The van der Waals surface area contributed by atoms with Crippen molar-refractivity contribution in [3.8, 4) is 5.75 Å². The molecule has 0 aliphatic rings. The van der Waals surface area contributed by atoms with Crippen LogP contribution in [0.4, 0.5) is 0 Å². The van der Waals surface area contributed by atoms with Gasteiger partial charge in [-0.15, -0.1) is 0 Å². The predicted octanol–water partition coefficient (Wildman–Crippen LogP) is 5.34. The summed E-state index contributed by atoms with van der Waals surface area (Å²) in [7, 11) is 0. The van der Waals surface area contributed by atoms with Gasteiger partial charge in [-0.2, -0.15) is 5.10 Å². The van der Waals surface area contributed by atoms with Gasteiger partial charge in [-0.25, -0.2) is 5.43 Å². The van der Waals surface area contributed by atoms with E-state index in [1.54, 1.807) is 12.1 Å².